The van der Waals surface area contributed by atoms with Gasteiger partial charge in [-0.15, -0.1) is 0 Å². The van der Waals surface area contributed by atoms with E-state index in [0.29, 0.717) is 41.3 Å². The lowest BCUT2D eigenvalue weighted by Crippen LogP contribution is -2.54. The van der Waals surface area contributed by atoms with Crippen LogP contribution in [0.2, 0.25) is 0 Å². The largest absolute Gasteiger partial charge is 0.494 e. The van der Waals surface area contributed by atoms with Gasteiger partial charge in [0.05, 0.1) is 24.8 Å². The molecule has 32 heavy (non-hydrogen) atoms. The lowest BCUT2D eigenvalue weighted by Gasteiger charge is -2.38. The van der Waals surface area contributed by atoms with Gasteiger partial charge in [0.2, 0.25) is 0 Å². The van der Waals surface area contributed by atoms with Crippen molar-refractivity contribution in [2.75, 3.05) is 37.0 Å². The second-order valence-electron chi connectivity index (χ2n) is 7.89. The van der Waals surface area contributed by atoms with Crippen LogP contribution in [0.1, 0.15) is 31.1 Å². The summed E-state index contributed by atoms with van der Waals surface area (Å²) >= 11 is 0. The zero-order valence-corrected chi connectivity index (χ0v) is 18.8. The molecule has 9 heteroatoms. The van der Waals surface area contributed by atoms with Gasteiger partial charge in [-0.2, -0.15) is 4.98 Å². The minimum absolute atomic E-state index is 0.210. The zero-order valence-electron chi connectivity index (χ0n) is 18.8. The predicted molar refractivity (Wildman–Crippen MR) is 124 cm³/mol. The van der Waals surface area contributed by atoms with E-state index in [1.807, 2.05) is 13.0 Å². The van der Waals surface area contributed by atoms with Crippen LogP contribution in [-0.2, 0) is 0 Å². The molecule has 1 saturated heterocycles. The van der Waals surface area contributed by atoms with Gasteiger partial charge in [0.25, 0.3) is 5.91 Å². The summed E-state index contributed by atoms with van der Waals surface area (Å²) in [7, 11) is 1.51. The van der Waals surface area contributed by atoms with Crippen molar-refractivity contribution in [1.29, 1.82) is 0 Å². The molecule has 168 valence electrons. The number of methoxy groups -OCH3 is 1. The van der Waals surface area contributed by atoms with Crippen LogP contribution < -0.4 is 25.0 Å². The number of hydrogen-bond acceptors (Lipinski definition) is 8. The molecule has 9 nitrogen and oxygen atoms in total. The van der Waals surface area contributed by atoms with E-state index in [2.05, 4.69) is 44.3 Å². The van der Waals surface area contributed by atoms with Crippen molar-refractivity contribution in [3.05, 3.63) is 42.2 Å². The second kappa shape index (κ2) is 9.35. The molecule has 2 aromatic heterocycles. The molecule has 1 amide bonds. The summed E-state index contributed by atoms with van der Waals surface area (Å²) in [5.41, 5.74) is 1.95. The molecule has 1 aliphatic rings. The lowest BCUT2D eigenvalue weighted by molar-refractivity contribution is 0.102. The highest BCUT2D eigenvalue weighted by Gasteiger charge is 2.24. The van der Waals surface area contributed by atoms with Crippen molar-refractivity contribution in [3.63, 3.8) is 0 Å². The molecule has 1 aliphatic heterocycles. The SMILES string of the molecule is CCOc1ccnc(NC(=O)c2ccc(N3C[C@@H](C)N[C@@H](C)C3)c3cnc(OC)nc23)c1. The Bertz CT molecular complexity index is 1110. The zero-order chi connectivity index (χ0) is 22.7. The van der Waals surface area contributed by atoms with Gasteiger partial charge in [-0.3, -0.25) is 4.79 Å². The number of pyridine rings is 1. The highest BCUT2D eigenvalue weighted by atomic mass is 16.5. The first-order valence-corrected chi connectivity index (χ1v) is 10.7. The number of nitrogens with one attached hydrogen (secondary N) is 2. The van der Waals surface area contributed by atoms with Gasteiger partial charge in [0.1, 0.15) is 11.6 Å². The third-order valence-electron chi connectivity index (χ3n) is 5.32. The molecule has 0 aliphatic carbocycles. The summed E-state index contributed by atoms with van der Waals surface area (Å²) in [5, 5.41) is 7.19. The van der Waals surface area contributed by atoms with Gasteiger partial charge in [-0.1, -0.05) is 0 Å². The Morgan fingerprint density at radius 3 is 2.72 bits per heavy atom. The number of benzene rings is 1. The van der Waals surface area contributed by atoms with Gasteiger partial charge >= 0.3 is 6.01 Å². The summed E-state index contributed by atoms with van der Waals surface area (Å²) < 4.78 is 10.7. The molecule has 0 spiro atoms. The van der Waals surface area contributed by atoms with Crippen molar-refractivity contribution < 1.29 is 14.3 Å². The number of ether oxygens (including phenoxy) is 2. The molecule has 3 heterocycles. The van der Waals surface area contributed by atoms with Crippen LogP contribution in [0.25, 0.3) is 10.9 Å². The number of amides is 1. The van der Waals surface area contributed by atoms with Crippen molar-refractivity contribution in [3.8, 4) is 11.8 Å². The van der Waals surface area contributed by atoms with E-state index in [9.17, 15) is 4.79 Å². The molecule has 0 unspecified atom stereocenters. The minimum Gasteiger partial charge on any atom is -0.494 e. The van der Waals surface area contributed by atoms with Gasteiger partial charge in [0.15, 0.2) is 0 Å². The third kappa shape index (κ3) is 4.57. The highest BCUT2D eigenvalue weighted by molar-refractivity contribution is 6.13. The number of aromatic nitrogens is 3. The summed E-state index contributed by atoms with van der Waals surface area (Å²) in [6, 6.07) is 8.10. The fourth-order valence-corrected chi connectivity index (χ4v) is 4.09. The van der Waals surface area contributed by atoms with E-state index >= 15 is 0 Å². The summed E-state index contributed by atoms with van der Waals surface area (Å²) in [4.78, 5) is 28.5. The Morgan fingerprint density at radius 2 is 2.00 bits per heavy atom. The molecule has 0 radical (unpaired) electrons. The maximum Gasteiger partial charge on any atom is 0.316 e. The monoisotopic (exact) mass is 436 g/mol. The average molecular weight is 437 g/mol. The van der Waals surface area contributed by atoms with Crippen LogP contribution in [0.4, 0.5) is 11.5 Å². The first-order chi connectivity index (χ1) is 15.5. The van der Waals surface area contributed by atoms with E-state index in [4.69, 9.17) is 9.47 Å². The highest BCUT2D eigenvalue weighted by Crippen LogP contribution is 2.31. The molecule has 4 rings (SSSR count). The van der Waals surface area contributed by atoms with E-state index in [1.54, 1.807) is 30.6 Å². The van der Waals surface area contributed by atoms with Crippen molar-refractivity contribution in [2.24, 2.45) is 0 Å². The first kappa shape index (κ1) is 21.8. The third-order valence-corrected chi connectivity index (χ3v) is 5.32. The van der Waals surface area contributed by atoms with Gasteiger partial charge in [-0.25, -0.2) is 9.97 Å². The number of carbonyl (C=O) groups excluding carboxylic acids is 1. The van der Waals surface area contributed by atoms with Crippen LogP contribution in [-0.4, -0.2) is 59.7 Å². The number of piperazine rings is 1. The maximum absolute atomic E-state index is 13.2. The van der Waals surface area contributed by atoms with Crippen LogP contribution in [0.15, 0.2) is 36.7 Å². The first-order valence-electron chi connectivity index (χ1n) is 10.7. The van der Waals surface area contributed by atoms with Crippen LogP contribution in [0.3, 0.4) is 0 Å². The van der Waals surface area contributed by atoms with Crippen molar-refractivity contribution >= 4 is 28.3 Å². The molecule has 2 N–H and O–H groups in total. The quantitative estimate of drug-likeness (QED) is 0.608. The lowest BCUT2D eigenvalue weighted by atomic mass is 10.0. The molecule has 0 saturated carbocycles. The van der Waals surface area contributed by atoms with E-state index < -0.39 is 0 Å². The molecule has 2 atom stereocenters. The van der Waals surface area contributed by atoms with Gasteiger partial charge in [-0.05, 0) is 39.0 Å². The summed E-state index contributed by atoms with van der Waals surface area (Å²) in [6.07, 6.45) is 3.32. The smallest absolute Gasteiger partial charge is 0.316 e. The van der Waals surface area contributed by atoms with E-state index in [0.717, 1.165) is 24.2 Å². The Labute approximate surface area is 187 Å². The molecule has 3 aromatic rings. The topological polar surface area (TPSA) is 102 Å². The Balaban J connectivity index is 1.71. The van der Waals surface area contributed by atoms with Crippen LogP contribution >= 0.6 is 0 Å². The van der Waals surface area contributed by atoms with Gasteiger partial charge in [0, 0.05) is 54.7 Å². The number of hydrogen-bond donors (Lipinski definition) is 2. The number of nitrogens with zero attached hydrogens (tertiary/aromatic N) is 4. The van der Waals surface area contributed by atoms with Crippen LogP contribution in [0, 0.1) is 0 Å². The fourth-order valence-electron chi connectivity index (χ4n) is 4.09. The Hall–Kier alpha value is -3.46. The Kier molecular flexibility index (Phi) is 6.36. The second-order valence-corrected chi connectivity index (χ2v) is 7.89. The average Bonchev–Trinajstić information content (AvgIpc) is 2.77. The number of carbonyl (C=O) groups is 1. The number of rotatable bonds is 6. The number of fused-ring (bicyclic) bond motifs is 1. The number of anilines is 2. The molecular formula is C23H28N6O3. The van der Waals surface area contributed by atoms with E-state index in [-0.39, 0.29) is 11.9 Å². The summed E-state index contributed by atoms with van der Waals surface area (Å²) in [5.74, 6) is 0.735. The van der Waals surface area contributed by atoms with Crippen molar-refractivity contribution in [1.82, 2.24) is 20.3 Å². The minimum atomic E-state index is -0.314. The molecule has 1 fully saturated rings. The Morgan fingerprint density at radius 1 is 1.22 bits per heavy atom. The van der Waals surface area contributed by atoms with Crippen molar-refractivity contribution in [2.45, 2.75) is 32.9 Å². The van der Waals surface area contributed by atoms with E-state index in [1.165, 1.54) is 7.11 Å². The molecule has 0 bridgehead atoms. The molecular weight excluding hydrogens is 408 g/mol. The maximum atomic E-state index is 13.2. The predicted octanol–water partition coefficient (Wildman–Crippen LogP) is 2.87. The standard InChI is InChI=1S/C23H28N6O3/c1-5-32-16-8-9-24-20(10-16)27-22(30)17-6-7-19(29-12-14(2)26-15(3)13-29)18-11-25-23(31-4)28-21(17)18/h6-11,14-15,26H,5,12-13H2,1-4H3,(H,24,27,30)/t14-,15+. The summed E-state index contributed by atoms with van der Waals surface area (Å²) in [6.45, 7) is 8.46. The normalized spacial score (nSPS) is 18.4. The molecule has 1 aromatic carbocycles. The van der Waals surface area contributed by atoms with Crippen LogP contribution in [0.5, 0.6) is 11.8 Å². The fraction of sp³-hybridized carbons (Fsp3) is 0.391. The van der Waals surface area contributed by atoms with Gasteiger partial charge < -0.3 is 25.0 Å².